The fourth-order valence-electron chi connectivity index (χ4n) is 2.61. The van der Waals surface area contributed by atoms with E-state index in [0.717, 1.165) is 0 Å². The lowest BCUT2D eigenvalue weighted by Gasteiger charge is -2.38. The van der Waals surface area contributed by atoms with Crippen LogP contribution < -0.4 is 21.5 Å². The highest BCUT2D eigenvalue weighted by Gasteiger charge is 2.34. The number of hydrogen-bond donors (Lipinski definition) is 3. The van der Waals surface area contributed by atoms with E-state index in [-0.39, 0.29) is 17.5 Å². The molecule has 1 aliphatic heterocycles. The molecule has 3 N–H and O–H groups in total. The molecule has 4 rings (SSSR count). The Balaban J connectivity index is 1.41. The highest BCUT2D eigenvalue weighted by Crippen LogP contribution is 2.24. The zero-order chi connectivity index (χ0) is 18.1. The average molecular weight is 354 g/mol. The summed E-state index contributed by atoms with van der Waals surface area (Å²) in [5, 5.41) is 6.64. The molecule has 26 heavy (non-hydrogen) atoms. The van der Waals surface area contributed by atoms with Gasteiger partial charge in [-0.1, -0.05) is 0 Å². The van der Waals surface area contributed by atoms with Crippen molar-refractivity contribution >= 4 is 17.4 Å². The molecular formula is C15H14N8O3. The first-order valence-corrected chi connectivity index (χ1v) is 7.80. The van der Waals surface area contributed by atoms with Crippen molar-refractivity contribution < 1.29 is 4.79 Å². The minimum Gasteiger partial charge on any atom is -0.355 e. The van der Waals surface area contributed by atoms with Crippen LogP contribution in [-0.4, -0.2) is 48.7 Å². The van der Waals surface area contributed by atoms with Crippen molar-refractivity contribution in [3.8, 4) is 5.82 Å². The van der Waals surface area contributed by atoms with E-state index in [4.69, 9.17) is 0 Å². The number of hydrogen-bond acceptors (Lipinski definition) is 7. The van der Waals surface area contributed by atoms with Crippen molar-refractivity contribution in [3.63, 3.8) is 0 Å². The van der Waals surface area contributed by atoms with Crippen LogP contribution in [0.15, 0.2) is 46.6 Å². The molecule has 11 heteroatoms. The molecule has 0 saturated carbocycles. The van der Waals surface area contributed by atoms with Gasteiger partial charge in [-0.25, -0.2) is 19.4 Å². The van der Waals surface area contributed by atoms with Crippen LogP contribution in [0.4, 0.5) is 11.5 Å². The van der Waals surface area contributed by atoms with Crippen LogP contribution in [0, 0.1) is 5.92 Å². The smallest absolute Gasteiger partial charge is 0.325 e. The second kappa shape index (κ2) is 6.27. The highest BCUT2D eigenvalue weighted by atomic mass is 16.2. The molecule has 1 amide bonds. The number of carbonyl (C=O) groups excluding carboxylic acids is 1. The molecule has 4 heterocycles. The summed E-state index contributed by atoms with van der Waals surface area (Å²) in [5.41, 5.74) is -1.26. The summed E-state index contributed by atoms with van der Waals surface area (Å²) in [4.78, 5) is 49.5. The number of amides is 1. The quantitative estimate of drug-likeness (QED) is 0.552. The fraction of sp³-hybridized carbons (Fsp3) is 0.200. The second-order valence-corrected chi connectivity index (χ2v) is 5.76. The number of aromatic nitrogens is 6. The van der Waals surface area contributed by atoms with Crippen LogP contribution in [0.3, 0.4) is 0 Å². The molecule has 0 bridgehead atoms. The lowest BCUT2D eigenvalue weighted by molar-refractivity contribution is -0.120. The zero-order valence-corrected chi connectivity index (χ0v) is 13.4. The standard InChI is InChI=1S/C15H14N8O3/c24-13(20-10-5-16-15(26)21-14(10)25)9-6-22(7-9)11-4-12(18-8-17-11)23-3-1-2-19-23/h1-5,8-9H,6-7H2,(H,20,24)(H2,16,21,25,26). The summed E-state index contributed by atoms with van der Waals surface area (Å²) in [6.45, 7) is 0.922. The van der Waals surface area contributed by atoms with E-state index in [1.165, 1.54) is 12.5 Å². The van der Waals surface area contributed by atoms with Crippen molar-refractivity contribution in [2.45, 2.75) is 0 Å². The van der Waals surface area contributed by atoms with Gasteiger partial charge in [0.25, 0.3) is 5.56 Å². The summed E-state index contributed by atoms with van der Waals surface area (Å²) in [6.07, 6.45) is 6.06. The minimum atomic E-state index is -0.641. The summed E-state index contributed by atoms with van der Waals surface area (Å²) in [5.74, 6) is 0.744. The summed E-state index contributed by atoms with van der Waals surface area (Å²) in [6, 6.07) is 3.58. The Kier molecular flexibility index (Phi) is 3.80. The predicted molar refractivity (Wildman–Crippen MR) is 91.2 cm³/mol. The normalized spacial score (nSPS) is 14.1. The molecule has 1 fully saturated rings. The van der Waals surface area contributed by atoms with Crippen LogP contribution in [0.1, 0.15) is 0 Å². The monoisotopic (exact) mass is 354 g/mol. The van der Waals surface area contributed by atoms with Gasteiger partial charge in [-0.15, -0.1) is 0 Å². The SMILES string of the molecule is O=C(Nc1c[nH]c(=O)[nH]c1=O)C1CN(c2cc(-n3cccn3)ncn2)C1. The predicted octanol–water partition coefficient (Wildman–Crippen LogP) is -0.886. The lowest BCUT2D eigenvalue weighted by Crippen LogP contribution is -2.52. The largest absolute Gasteiger partial charge is 0.355 e. The molecule has 0 atom stereocenters. The first kappa shape index (κ1) is 15.7. The first-order valence-electron chi connectivity index (χ1n) is 7.80. The molecule has 1 aliphatic rings. The van der Waals surface area contributed by atoms with Gasteiger partial charge in [0.05, 0.1) is 5.92 Å². The Morgan fingerprint density at radius 1 is 1.23 bits per heavy atom. The molecule has 0 aliphatic carbocycles. The summed E-state index contributed by atoms with van der Waals surface area (Å²) >= 11 is 0. The number of nitrogens with one attached hydrogen (secondary N) is 3. The molecule has 0 radical (unpaired) electrons. The number of nitrogens with zero attached hydrogens (tertiary/aromatic N) is 5. The zero-order valence-electron chi connectivity index (χ0n) is 13.4. The van der Waals surface area contributed by atoms with E-state index in [1.807, 2.05) is 4.90 Å². The molecule has 0 unspecified atom stereocenters. The number of H-pyrrole nitrogens is 2. The summed E-state index contributed by atoms with van der Waals surface area (Å²) < 4.78 is 1.62. The first-order chi connectivity index (χ1) is 12.6. The number of aromatic amines is 2. The third-order valence-corrected chi connectivity index (χ3v) is 4.03. The molecule has 3 aromatic rings. The van der Waals surface area contributed by atoms with Crippen LogP contribution in [0.5, 0.6) is 0 Å². The van der Waals surface area contributed by atoms with Gasteiger partial charge in [-0.2, -0.15) is 5.10 Å². The van der Waals surface area contributed by atoms with Crippen LogP contribution in [-0.2, 0) is 4.79 Å². The number of rotatable bonds is 4. The Labute approximate surface area is 145 Å². The van der Waals surface area contributed by atoms with E-state index in [1.54, 1.807) is 29.2 Å². The second-order valence-electron chi connectivity index (χ2n) is 5.76. The Morgan fingerprint density at radius 3 is 2.77 bits per heavy atom. The Bertz CT molecular complexity index is 1050. The third kappa shape index (κ3) is 2.97. The molecular weight excluding hydrogens is 340 g/mol. The van der Waals surface area contributed by atoms with Gasteiger partial charge >= 0.3 is 5.69 Å². The van der Waals surface area contributed by atoms with Crippen molar-refractivity contribution in [1.82, 2.24) is 29.7 Å². The van der Waals surface area contributed by atoms with Crippen LogP contribution in [0.25, 0.3) is 5.82 Å². The third-order valence-electron chi connectivity index (χ3n) is 4.03. The van der Waals surface area contributed by atoms with Crippen molar-refractivity contribution in [2.75, 3.05) is 23.3 Å². The maximum atomic E-state index is 12.2. The lowest BCUT2D eigenvalue weighted by atomic mass is 9.99. The fourth-order valence-corrected chi connectivity index (χ4v) is 2.61. The van der Waals surface area contributed by atoms with Gasteiger partial charge < -0.3 is 15.2 Å². The van der Waals surface area contributed by atoms with E-state index >= 15 is 0 Å². The van der Waals surface area contributed by atoms with Gasteiger partial charge in [0.15, 0.2) is 5.82 Å². The molecule has 0 spiro atoms. The van der Waals surface area contributed by atoms with Gasteiger partial charge in [-0.3, -0.25) is 14.6 Å². The van der Waals surface area contributed by atoms with Crippen LogP contribution in [0.2, 0.25) is 0 Å². The van der Waals surface area contributed by atoms with Gasteiger partial charge in [0.2, 0.25) is 5.91 Å². The van der Waals surface area contributed by atoms with E-state index < -0.39 is 11.2 Å². The molecule has 0 aromatic carbocycles. The molecule has 11 nitrogen and oxygen atoms in total. The van der Waals surface area contributed by atoms with Crippen LogP contribution >= 0.6 is 0 Å². The van der Waals surface area contributed by atoms with Crippen molar-refractivity contribution in [3.05, 3.63) is 57.9 Å². The van der Waals surface area contributed by atoms with Gasteiger partial charge in [0.1, 0.15) is 17.8 Å². The molecule has 1 saturated heterocycles. The van der Waals surface area contributed by atoms with Gasteiger partial charge in [0, 0.05) is 37.7 Å². The summed E-state index contributed by atoms with van der Waals surface area (Å²) in [7, 11) is 0. The van der Waals surface area contributed by atoms with E-state index in [0.29, 0.717) is 24.7 Å². The van der Waals surface area contributed by atoms with Crippen molar-refractivity contribution in [1.29, 1.82) is 0 Å². The minimum absolute atomic E-state index is 0.0102. The van der Waals surface area contributed by atoms with Crippen molar-refractivity contribution in [2.24, 2.45) is 5.92 Å². The average Bonchev–Trinajstić information content (AvgIpc) is 3.11. The Morgan fingerprint density at radius 2 is 2.04 bits per heavy atom. The highest BCUT2D eigenvalue weighted by molar-refractivity contribution is 5.94. The van der Waals surface area contributed by atoms with Gasteiger partial charge in [-0.05, 0) is 6.07 Å². The molecule has 3 aromatic heterocycles. The maximum absolute atomic E-state index is 12.2. The van der Waals surface area contributed by atoms with E-state index in [2.05, 4.69) is 30.4 Å². The molecule has 132 valence electrons. The Hall–Kier alpha value is -3.76. The topological polar surface area (TPSA) is 142 Å². The van der Waals surface area contributed by atoms with E-state index in [9.17, 15) is 14.4 Å². The number of carbonyl (C=O) groups is 1. The maximum Gasteiger partial charge on any atom is 0.325 e. The number of anilines is 2.